The molecule has 1 atom stereocenters. The second-order valence-electron chi connectivity index (χ2n) is 6.75. The molecule has 2 amide bonds. The molecule has 0 aliphatic carbocycles. The van der Waals surface area contributed by atoms with Gasteiger partial charge in [-0.25, -0.2) is 0 Å². The summed E-state index contributed by atoms with van der Waals surface area (Å²) < 4.78 is 0. The van der Waals surface area contributed by atoms with Crippen molar-refractivity contribution in [2.75, 3.05) is 29.1 Å². The molecule has 0 radical (unpaired) electrons. The number of carbonyl (C=O) groups is 2. The molecule has 2 aliphatic heterocycles. The van der Waals surface area contributed by atoms with Crippen molar-refractivity contribution in [2.24, 2.45) is 0 Å². The van der Waals surface area contributed by atoms with E-state index in [2.05, 4.69) is 16.8 Å². The van der Waals surface area contributed by atoms with Crippen molar-refractivity contribution in [1.29, 1.82) is 0 Å². The Labute approximate surface area is 172 Å². The van der Waals surface area contributed by atoms with Crippen LogP contribution in [0.25, 0.3) is 0 Å². The third-order valence-corrected chi connectivity index (χ3v) is 8.80. The zero-order valence-electron chi connectivity index (χ0n) is 15.2. The quantitative estimate of drug-likeness (QED) is 0.817. The predicted molar refractivity (Wildman–Crippen MR) is 116 cm³/mol. The molecular weight excluding hydrogens is 396 g/mol. The van der Waals surface area contributed by atoms with Gasteiger partial charge in [0.15, 0.2) is 0 Å². The van der Waals surface area contributed by atoms with Gasteiger partial charge in [0, 0.05) is 46.5 Å². The summed E-state index contributed by atoms with van der Waals surface area (Å²) in [5.74, 6) is 3.06. The van der Waals surface area contributed by atoms with Crippen molar-refractivity contribution >= 4 is 52.4 Å². The molecule has 4 rings (SSSR count). The lowest BCUT2D eigenvalue weighted by Gasteiger charge is -2.28. The predicted octanol–water partition coefficient (Wildman–Crippen LogP) is 4.04. The number of fused-ring (bicyclic) bond motifs is 1. The second-order valence-corrected chi connectivity index (χ2v) is 10.2. The van der Waals surface area contributed by atoms with E-state index >= 15 is 0 Å². The summed E-state index contributed by atoms with van der Waals surface area (Å²) in [6.45, 7) is 3.34. The fourth-order valence-electron chi connectivity index (χ4n) is 3.45. The first-order valence-electron chi connectivity index (χ1n) is 9.08. The van der Waals surface area contributed by atoms with E-state index in [0.717, 1.165) is 41.5 Å². The summed E-state index contributed by atoms with van der Waals surface area (Å²) in [7, 11) is 0. The number of carbonyl (C=O) groups excluding carboxylic acids is 2. The Morgan fingerprint density at radius 3 is 2.93 bits per heavy atom. The summed E-state index contributed by atoms with van der Waals surface area (Å²) in [6, 6.07) is 7.72. The fraction of sp³-hybridized carbons (Fsp3) is 0.400. The molecule has 0 saturated carbocycles. The Morgan fingerprint density at radius 2 is 2.11 bits per heavy atom. The summed E-state index contributed by atoms with van der Waals surface area (Å²) >= 11 is 5.32. The topological polar surface area (TPSA) is 49.4 Å². The molecule has 0 bridgehead atoms. The van der Waals surface area contributed by atoms with Crippen LogP contribution in [-0.2, 0) is 17.8 Å². The van der Waals surface area contributed by atoms with Gasteiger partial charge in [-0.2, -0.15) is 11.8 Å². The molecule has 1 saturated heterocycles. The molecule has 1 N–H and O–H groups in total. The highest BCUT2D eigenvalue weighted by Gasteiger charge is 2.26. The number of thioether (sulfide) groups is 2. The van der Waals surface area contributed by atoms with E-state index in [-0.39, 0.29) is 17.1 Å². The number of benzene rings is 1. The van der Waals surface area contributed by atoms with Crippen LogP contribution in [0.4, 0.5) is 5.69 Å². The Balaban J connectivity index is 1.50. The molecule has 1 aromatic carbocycles. The van der Waals surface area contributed by atoms with Gasteiger partial charge in [-0.05, 0) is 48.1 Å². The Kier molecular flexibility index (Phi) is 5.80. The number of anilines is 1. The number of nitrogens with one attached hydrogen (secondary N) is 1. The maximum Gasteiger partial charge on any atom is 0.254 e. The molecule has 0 spiro atoms. The van der Waals surface area contributed by atoms with Crippen molar-refractivity contribution in [3.63, 3.8) is 0 Å². The average molecular weight is 419 g/mol. The minimum Gasteiger partial charge on any atom is -0.334 e. The highest BCUT2D eigenvalue weighted by Crippen LogP contribution is 2.28. The van der Waals surface area contributed by atoms with Gasteiger partial charge in [0.2, 0.25) is 5.91 Å². The zero-order chi connectivity index (χ0) is 18.8. The number of hydrogen-bond acceptors (Lipinski definition) is 5. The minimum absolute atomic E-state index is 0.0124. The lowest BCUT2D eigenvalue weighted by Crippen LogP contribution is -2.36. The molecule has 142 valence electrons. The van der Waals surface area contributed by atoms with Crippen molar-refractivity contribution in [3.05, 3.63) is 51.2 Å². The number of nitrogens with zero attached hydrogens (tertiary/aromatic N) is 1. The van der Waals surface area contributed by atoms with E-state index in [0.29, 0.717) is 12.1 Å². The number of amides is 2. The van der Waals surface area contributed by atoms with Crippen molar-refractivity contribution in [3.8, 4) is 0 Å². The van der Waals surface area contributed by atoms with E-state index in [9.17, 15) is 9.59 Å². The average Bonchev–Trinajstić information content (AvgIpc) is 3.17. The van der Waals surface area contributed by atoms with Gasteiger partial charge in [0.25, 0.3) is 5.91 Å². The van der Waals surface area contributed by atoms with E-state index in [4.69, 9.17) is 0 Å². The largest absolute Gasteiger partial charge is 0.334 e. The van der Waals surface area contributed by atoms with Gasteiger partial charge < -0.3 is 10.2 Å². The van der Waals surface area contributed by atoms with Gasteiger partial charge in [-0.1, -0.05) is 6.07 Å². The number of hydrogen-bond donors (Lipinski definition) is 1. The SMILES string of the molecule is Cc1c(NC(=O)C2CSCCS2)cccc1C(=O)N1CCc2sccc2C1. The van der Waals surface area contributed by atoms with Crippen LogP contribution in [0.1, 0.15) is 26.4 Å². The molecular formula is C20H22N2O2S3. The van der Waals surface area contributed by atoms with Crippen LogP contribution < -0.4 is 5.32 Å². The maximum atomic E-state index is 13.1. The first kappa shape index (κ1) is 18.9. The first-order chi connectivity index (χ1) is 13.1. The highest BCUT2D eigenvalue weighted by atomic mass is 32.2. The minimum atomic E-state index is -0.0124. The Bertz CT molecular complexity index is 859. The van der Waals surface area contributed by atoms with Crippen molar-refractivity contribution in [1.82, 2.24) is 4.90 Å². The summed E-state index contributed by atoms with van der Waals surface area (Å²) in [5.41, 5.74) is 3.53. The molecule has 27 heavy (non-hydrogen) atoms. The monoisotopic (exact) mass is 418 g/mol. The van der Waals surface area contributed by atoms with Gasteiger partial charge in [0.1, 0.15) is 0 Å². The van der Waals surface area contributed by atoms with E-state index < -0.39 is 0 Å². The van der Waals surface area contributed by atoms with Gasteiger partial charge >= 0.3 is 0 Å². The Hall–Kier alpha value is -1.44. The fourth-order valence-corrected chi connectivity index (χ4v) is 6.89. The number of thiophene rings is 1. The summed E-state index contributed by atoms with van der Waals surface area (Å²) in [5, 5.41) is 5.13. The van der Waals surface area contributed by atoms with Crippen molar-refractivity contribution < 1.29 is 9.59 Å². The van der Waals surface area contributed by atoms with Crippen LogP contribution in [0.3, 0.4) is 0 Å². The Morgan fingerprint density at radius 1 is 1.22 bits per heavy atom. The third-order valence-electron chi connectivity index (χ3n) is 5.03. The van der Waals surface area contributed by atoms with Crippen LogP contribution in [0.15, 0.2) is 29.6 Å². The van der Waals surface area contributed by atoms with Gasteiger partial charge in [0.05, 0.1) is 5.25 Å². The zero-order valence-corrected chi connectivity index (χ0v) is 17.6. The second kappa shape index (κ2) is 8.29. The molecule has 1 fully saturated rings. The third kappa shape index (κ3) is 4.05. The molecule has 4 nitrogen and oxygen atoms in total. The smallest absolute Gasteiger partial charge is 0.254 e. The molecule has 1 aromatic heterocycles. The summed E-state index contributed by atoms with van der Waals surface area (Å²) in [4.78, 5) is 29.0. The van der Waals surface area contributed by atoms with E-state index in [1.165, 1.54) is 10.4 Å². The van der Waals surface area contributed by atoms with Gasteiger partial charge in [-0.15, -0.1) is 23.1 Å². The number of rotatable bonds is 3. The van der Waals surface area contributed by atoms with Crippen LogP contribution in [0.2, 0.25) is 0 Å². The maximum absolute atomic E-state index is 13.1. The molecule has 1 unspecified atom stereocenters. The normalized spacial score (nSPS) is 19.4. The standard InChI is InChI=1S/C20H22N2O2S3/c1-13-15(20(24)22-7-5-17-14(11-22)6-8-26-17)3-2-4-16(13)21-19(23)18-12-25-9-10-27-18/h2-4,6,8,18H,5,7,9-12H2,1H3,(H,21,23). The summed E-state index contributed by atoms with van der Waals surface area (Å²) in [6.07, 6.45) is 0.921. The van der Waals surface area contributed by atoms with Crippen LogP contribution in [0, 0.1) is 6.92 Å². The molecule has 2 aromatic rings. The molecule has 3 heterocycles. The van der Waals surface area contributed by atoms with Crippen molar-refractivity contribution in [2.45, 2.75) is 25.1 Å². The molecule has 7 heteroatoms. The lowest BCUT2D eigenvalue weighted by molar-refractivity contribution is -0.115. The van der Waals surface area contributed by atoms with Gasteiger partial charge in [-0.3, -0.25) is 9.59 Å². The lowest BCUT2D eigenvalue weighted by atomic mass is 10.0. The first-order valence-corrected chi connectivity index (χ1v) is 12.2. The highest BCUT2D eigenvalue weighted by molar-refractivity contribution is 8.07. The van der Waals surface area contributed by atoms with E-state index in [1.54, 1.807) is 23.1 Å². The van der Waals surface area contributed by atoms with Crippen LogP contribution in [0.5, 0.6) is 0 Å². The van der Waals surface area contributed by atoms with E-state index in [1.807, 2.05) is 41.8 Å². The van der Waals surface area contributed by atoms with Crippen LogP contribution >= 0.6 is 34.9 Å². The molecule has 2 aliphatic rings. The van der Waals surface area contributed by atoms with Crippen LogP contribution in [-0.4, -0.2) is 45.8 Å².